The third-order valence-corrected chi connectivity index (χ3v) is 4.12. The van der Waals surface area contributed by atoms with Crippen LogP contribution in [0.1, 0.15) is 11.1 Å². The summed E-state index contributed by atoms with van der Waals surface area (Å²) in [6.45, 7) is 0.121. The second-order valence-electron chi connectivity index (χ2n) is 4.63. The standard InChI is InChI=1S/C15H16FNO3S/c1-21(18,19)14-7-3-6-13(8-14)20-10-12-5-2-4-11(9-17)15(12)16/h2-8H,9-10,17H2,1H3. The van der Waals surface area contributed by atoms with E-state index in [1.54, 1.807) is 30.3 Å². The molecule has 0 fully saturated rings. The smallest absolute Gasteiger partial charge is 0.175 e. The van der Waals surface area contributed by atoms with E-state index >= 15 is 0 Å². The minimum atomic E-state index is -3.30. The van der Waals surface area contributed by atoms with Gasteiger partial charge in [-0.05, 0) is 18.2 Å². The maximum atomic E-state index is 14.0. The van der Waals surface area contributed by atoms with Crippen LogP contribution in [-0.4, -0.2) is 14.7 Å². The zero-order valence-electron chi connectivity index (χ0n) is 11.5. The predicted octanol–water partition coefficient (Wildman–Crippen LogP) is 2.27. The van der Waals surface area contributed by atoms with Gasteiger partial charge < -0.3 is 10.5 Å². The maximum absolute atomic E-state index is 14.0. The van der Waals surface area contributed by atoms with Crippen molar-refractivity contribution in [3.63, 3.8) is 0 Å². The first-order valence-electron chi connectivity index (χ1n) is 6.31. The number of hydrogen-bond donors (Lipinski definition) is 1. The Morgan fingerprint density at radius 2 is 1.81 bits per heavy atom. The fourth-order valence-corrected chi connectivity index (χ4v) is 2.51. The summed E-state index contributed by atoms with van der Waals surface area (Å²) < 4.78 is 42.4. The Bertz CT molecular complexity index is 744. The third kappa shape index (κ3) is 3.80. The van der Waals surface area contributed by atoms with Crippen molar-refractivity contribution in [2.75, 3.05) is 6.26 Å². The van der Waals surface area contributed by atoms with E-state index in [0.717, 1.165) is 6.26 Å². The molecule has 0 heterocycles. The monoisotopic (exact) mass is 309 g/mol. The Morgan fingerprint density at radius 3 is 2.48 bits per heavy atom. The minimum Gasteiger partial charge on any atom is -0.489 e. The van der Waals surface area contributed by atoms with Gasteiger partial charge in [-0.3, -0.25) is 0 Å². The molecular formula is C15H16FNO3S. The molecule has 2 rings (SSSR count). The number of ether oxygens (including phenoxy) is 1. The van der Waals surface area contributed by atoms with Gasteiger partial charge in [-0.15, -0.1) is 0 Å². The molecule has 0 saturated carbocycles. The van der Waals surface area contributed by atoms with Crippen LogP contribution in [0.25, 0.3) is 0 Å². The highest BCUT2D eigenvalue weighted by molar-refractivity contribution is 7.90. The van der Waals surface area contributed by atoms with Crippen molar-refractivity contribution in [3.8, 4) is 5.75 Å². The number of halogens is 1. The lowest BCUT2D eigenvalue weighted by molar-refractivity contribution is 0.298. The molecule has 2 aromatic rings. The van der Waals surface area contributed by atoms with Gasteiger partial charge in [0, 0.05) is 23.9 Å². The summed E-state index contributed by atoms with van der Waals surface area (Å²) >= 11 is 0. The maximum Gasteiger partial charge on any atom is 0.175 e. The summed E-state index contributed by atoms with van der Waals surface area (Å²) in [5, 5.41) is 0. The van der Waals surface area contributed by atoms with Crippen LogP contribution in [0.5, 0.6) is 5.75 Å². The minimum absolute atomic E-state index is 0.00683. The zero-order chi connectivity index (χ0) is 15.5. The summed E-state index contributed by atoms with van der Waals surface area (Å²) in [7, 11) is -3.30. The lowest BCUT2D eigenvalue weighted by atomic mass is 10.1. The summed E-state index contributed by atoms with van der Waals surface area (Å²) in [6.07, 6.45) is 1.12. The highest BCUT2D eigenvalue weighted by Gasteiger charge is 2.10. The van der Waals surface area contributed by atoms with Crippen LogP contribution in [-0.2, 0) is 23.0 Å². The summed E-state index contributed by atoms with van der Waals surface area (Å²) in [5.74, 6) is -0.0188. The van der Waals surface area contributed by atoms with E-state index in [9.17, 15) is 12.8 Å². The SMILES string of the molecule is CS(=O)(=O)c1cccc(OCc2cccc(CN)c2F)c1. The van der Waals surface area contributed by atoms with E-state index in [4.69, 9.17) is 10.5 Å². The van der Waals surface area contributed by atoms with Gasteiger partial charge in [0.05, 0.1) is 4.90 Å². The Kier molecular flexibility index (Phi) is 4.59. The molecule has 0 aromatic heterocycles. The second-order valence-corrected chi connectivity index (χ2v) is 6.65. The molecule has 0 amide bonds. The molecule has 2 N–H and O–H groups in total. The number of hydrogen-bond acceptors (Lipinski definition) is 4. The Hall–Kier alpha value is -1.92. The summed E-state index contributed by atoms with van der Waals surface area (Å²) in [4.78, 5) is 0.163. The molecule has 6 heteroatoms. The van der Waals surface area contributed by atoms with E-state index in [1.807, 2.05) is 0 Å². The first kappa shape index (κ1) is 15.5. The average molecular weight is 309 g/mol. The van der Waals surface area contributed by atoms with E-state index in [-0.39, 0.29) is 23.9 Å². The molecule has 0 bridgehead atoms. The van der Waals surface area contributed by atoms with Crippen molar-refractivity contribution >= 4 is 9.84 Å². The van der Waals surface area contributed by atoms with Gasteiger partial charge in [-0.2, -0.15) is 0 Å². The quantitative estimate of drug-likeness (QED) is 0.920. The third-order valence-electron chi connectivity index (χ3n) is 3.01. The van der Waals surface area contributed by atoms with Gasteiger partial charge >= 0.3 is 0 Å². The van der Waals surface area contributed by atoms with Gasteiger partial charge in [0.1, 0.15) is 18.2 Å². The largest absolute Gasteiger partial charge is 0.489 e. The number of nitrogens with two attached hydrogens (primary N) is 1. The fourth-order valence-electron chi connectivity index (χ4n) is 1.86. The molecule has 0 aliphatic carbocycles. The normalized spacial score (nSPS) is 11.4. The van der Waals surface area contributed by atoms with Crippen LogP contribution < -0.4 is 10.5 Å². The number of benzene rings is 2. The summed E-state index contributed by atoms with van der Waals surface area (Å²) in [6, 6.07) is 11.0. The highest BCUT2D eigenvalue weighted by Crippen LogP contribution is 2.20. The van der Waals surface area contributed by atoms with Crippen LogP contribution in [0.15, 0.2) is 47.4 Å². The molecule has 2 aromatic carbocycles. The molecule has 112 valence electrons. The van der Waals surface area contributed by atoms with E-state index in [1.165, 1.54) is 12.1 Å². The predicted molar refractivity (Wildman–Crippen MR) is 78.2 cm³/mol. The van der Waals surface area contributed by atoms with Crippen molar-refractivity contribution in [3.05, 3.63) is 59.4 Å². The molecule has 21 heavy (non-hydrogen) atoms. The molecule has 0 saturated heterocycles. The molecule has 0 aliphatic rings. The molecule has 0 aliphatic heterocycles. The highest BCUT2D eigenvalue weighted by atomic mass is 32.2. The van der Waals surface area contributed by atoms with Gasteiger partial charge in [-0.25, -0.2) is 12.8 Å². The Morgan fingerprint density at radius 1 is 1.14 bits per heavy atom. The van der Waals surface area contributed by atoms with Gasteiger partial charge in [0.25, 0.3) is 0 Å². The van der Waals surface area contributed by atoms with Crippen molar-refractivity contribution in [1.82, 2.24) is 0 Å². The molecule has 0 spiro atoms. The van der Waals surface area contributed by atoms with Gasteiger partial charge in [-0.1, -0.05) is 24.3 Å². The number of rotatable bonds is 5. The lowest BCUT2D eigenvalue weighted by Gasteiger charge is -2.10. The van der Waals surface area contributed by atoms with Crippen LogP contribution in [0.3, 0.4) is 0 Å². The van der Waals surface area contributed by atoms with Crippen LogP contribution >= 0.6 is 0 Å². The van der Waals surface area contributed by atoms with Crippen molar-refractivity contribution < 1.29 is 17.5 Å². The molecule has 4 nitrogen and oxygen atoms in total. The molecule has 0 unspecified atom stereocenters. The Labute approximate surface area is 123 Å². The number of sulfone groups is 1. The topological polar surface area (TPSA) is 69.4 Å². The first-order chi connectivity index (χ1) is 9.91. The average Bonchev–Trinajstić information content (AvgIpc) is 2.45. The fraction of sp³-hybridized carbons (Fsp3) is 0.200. The molecule has 0 radical (unpaired) electrons. The van der Waals surface area contributed by atoms with Crippen LogP contribution in [0.4, 0.5) is 4.39 Å². The van der Waals surface area contributed by atoms with E-state index in [2.05, 4.69) is 0 Å². The van der Waals surface area contributed by atoms with Gasteiger partial charge in [0.2, 0.25) is 0 Å². The summed E-state index contributed by atoms with van der Waals surface area (Å²) in [5.41, 5.74) is 6.24. The van der Waals surface area contributed by atoms with Crippen LogP contribution in [0, 0.1) is 5.82 Å². The second kappa shape index (κ2) is 6.24. The first-order valence-corrected chi connectivity index (χ1v) is 8.20. The van der Waals surface area contributed by atoms with Crippen molar-refractivity contribution in [2.24, 2.45) is 5.73 Å². The van der Waals surface area contributed by atoms with Crippen molar-refractivity contribution in [1.29, 1.82) is 0 Å². The van der Waals surface area contributed by atoms with Crippen molar-refractivity contribution in [2.45, 2.75) is 18.0 Å². The lowest BCUT2D eigenvalue weighted by Crippen LogP contribution is -2.05. The van der Waals surface area contributed by atoms with E-state index in [0.29, 0.717) is 16.9 Å². The van der Waals surface area contributed by atoms with Crippen LogP contribution in [0.2, 0.25) is 0 Å². The zero-order valence-corrected chi connectivity index (χ0v) is 12.4. The Balaban J connectivity index is 2.17. The van der Waals surface area contributed by atoms with E-state index < -0.39 is 9.84 Å². The van der Waals surface area contributed by atoms with Gasteiger partial charge in [0.15, 0.2) is 9.84 Å². The molecular weight excluding hydrogens is 293 g/mol. The molecule has 0 atom stereocenters.